The molecule has 0 radical (unpaired) electrons. The van der Waals surface area contributed by atoms with E-state index in [1.165, 1.54) is 0 Å². The van der Waals surface area contributed by atoms with Gasteiger partial charge in [-0.05, 0) is 30.3 Å². The number of amides is 1. The largest absolute Gasteiger partial charge is 0.497 e. The van der Waals surface area contributed by atoms with E-state index in [0.717, 1.165) is 5.82 Å². The number of anilines is 1. The van der Waals surface area contributed by atoms with Crippen LogP contribution in [0.3, 0.4) is 0 Å². The molecule has 1 aromatic heterocycles. The summed E-state index contributed by atoms with van der Waals surface area (Å²) in [5, 5.41) is 2.80. The van der Waals surface area contributed by atoms with E-state index in [-0.39, 0.29) is 12.5 Å². The van der Waals surface area contributed by atoms with Crippen molar-refractivity contribution in [3.05, 3.63) is 47.9 Å². The van der Waals surface area contributed by atoms with Crippen LogP contribution in [0.5, 0.6) is 5.75 Å². The Labute approximate surface area is 123 Å². The zero-order valence-corrected chi connectivity index (χ0v) is 12.3. The predicted molar refractivity (Wildman–Crippen MR) is 80.5 cm³/mol. The molecule has 2 rings (SSSR count). The lowest BCUT2D eigenvalue weighted by Crippen LogP contribution is -2.24. The minimum absolute atomic E-state index is 0.170. The zero-order valence-electron chi connectivity index (χ0n) is 12.3. The van der Waals surface area contributed by atoms with Crippen LogP contribution in [0, 0.1) is 0 Å². The number of carbonyl (C=O) groups excluding carboxylic acids is 1. The van der Waals surface area contributed by atoms with Crippen molar-refractivity contribution in [2.75, 3.05) is 26.1 Å². The number of ether oxygens (including phenoxy) is 1. The van der Waals surface area contributed by atoms with Gasteiger partial charge < -0.3 is 15.0 Å². The number of nitrogens with zero attached hydrogens (tertiary/aromatic N) is 3. The second-order valence-corrected chi connectivity index (χ2v) is 4.64. The number of hydrogen-bond acceptors (Lipinski definition) is 5. The third kappa shape index (κ3) is 3.92. The lowest BCUT2D eigenvalue weighted by Gasteiger charge is -2.12. The van der Waals surface area contributed by atoms with Gasteiger partial charge in [0.1, 0.15) is 17.4 Å². The maximum atomic E-state index is 12.0. The normalized spacial score (nSPS) is 10.0. The molecule has 6 nitrogen and oxygen atoms in total. The lowest BCUT2D eigenvalue weighted by atomic mass is 10.2. The van der Waals surface area contributed by atoms with Crippen molar-refractivity contribution >= 4 is 11.7 Å². The van der Waals surface area contributed by atoms with Crippen molar-refractivity contribution in [1.29, 1.82) is 0 Å². The quantitative estimate of drug-likeness (QED) is 0.901. The average molecular weight is 286 g/mol. The smallest absolute Gasteiger partial charge is 0.251 e. The van der Waals surface area contributed by atoms with Crippen LogP contribution in [-0.4, -0.2) is 37.1 Å². The molecule has 1 heterocycles. The molecule has 1 N–H and O–H groups in total. The summed E-state index contributed by atoms with van der Waals surface area (Å²) in [5.41, 5.74) is 0.569. The molecule has 21 heavy (non-hydrogen) atoms. The second kappa shape index (κ2) is 6.69. The molecular formula is C15H18N4O2. The van der Waals surface area contributed by atoms with E-state index in [2.05, 4.69) is 15.3 Å². The van der Waals surface area contributed by atoms with E-state index in [4.69, 9.17) is 4.74 Å². The fourth-order valence-electron chi connectivity index (χ4n) is 1.73. The van der Waals surface area contributed by atoms with Crippen molar-refractivity contribution in [3.63, 3.8) is 0 Å². The van der Waals surface area contributed by atoms with Gasteiger partial charge in [-0.3, -0.25) is 4.79 Å². The van der Waals surface area contributed by atoms with E-state index in [0.29, 0.717) is 17.1 Å². The standard InChI is InChI=1S/C15H18N4O2/c1-19(2)14-8-9-16-13(18-14)10-17-15(20)11-4-6-12(21-3)7-5-11/h4-9H,10H2,1-3H3,(H,17,20). The first kappa shape index (κ1) is 14.8. The summed E-state index contributed by atoms with van der Waals surface area (Å²) in [7, 11) is 5.40. The van der Waals surface area contributed by atoms with Crippen molar-refractivity contribution in [1.82, 2.24) is 15.3 Å². The number of nitrogens with one attached hydrogen (secondary N) is 1. The van der Waals surface area contributed by atoms with Crippen molar-refractivity contribution in [2.24, 2.45) is 0 Å². The summed E-state index contributed by atoms with van der Waals surface area (Å²) < 4.78 is 5.06. The Bertz CT molecular complexity index is 611. The summed E-state index contributed by atoms with van der Waals surface area (Å²) in [6, 6.07) is 8.74. The molecule has 0 saturated heterocycles. The van der Waals surface area contributed by atoms with Crippen molar-refractivity contribution < 1.29 is 9.53 Å². The molecule has 0 aliphatic rings. The van der Waals surface area contributed by atoms with Gasteiger partial charge in [-0.15, -0.1) is 0 Å². The highest BCUT2D eigenvalue weighted by atomic mass is 16.5. The van der Waals surface area contributed by atoms with Crippen LogP contribution in [0.15, 0.2) is 36.5 Å². The summed E-state index contributed by atoms with van der Waals surface area (Å²) >= 11 is 0. The molecule has 0 fully saturated rings. The molecule has 0 bridgehead atoms. The molecule has 0 saturated carbocycles. The zero-order chi connectivity index (χ0) is 15.2. The van der Waals surface area contributed by atoms with Crippen LogP contribution in [0.25, 0.3) is 0 Å². The number of carbonyl (C=O) groups is 1. The highest BCUT2D eigenvalue weighted by molar-refractivity contribution is 5.94. The van der Waals surface area contributed by atoms with Gasteiger partial charge in [0.2, 0.25) is 0 Å². The number of methoxy groups -OCH3 is 1. The SMILES string of the molecule is COc1ccc(C(=O)NCc2nccc(N(C)C)n2)cc1. The molecule has 0 atom stereocenters. The van der Waals surface area contributed by atoms with Gasteiger partial charge in [-0.2, -0.15) is 0 Å². The summed E-state index contributed by atoms with van der Waals surface area (Å²) in [4.78, 5) is 22.4. The van der Waals surface area contributed by atoms with Crippen LogP contribution in [-0.2, 0) is 6.54 Å². The highest BCUT2D eigenvalue weighted by Crippen LogP contribution is 2.11. The van der Waals surface area contributed by atoms with Gasteiger partial charge in [0, 0.05) is 25.9 Å². The first-order valence-corrected chi connectivity index (χ1v) is 6.51. The van der Waals surface area contributed by atoms with Gasteiger partial charge in [-0.1, -0.05) is 0 Å². The number of aromatic nitrogens is 2. The van der Waals surface area contributed by atoms with E-state index in [1.54, 1.807) is 37.6 Å². The Balaban J connectivity index is 1.98. The third-order valence-corrected chi connectivity index (χ3v) is 2.91. The third-order valence-electron chi connectivity index (χ3n) is 2.91. The fourth-order valence-corrected chi connectivity index (χ4v) is 1.73. The second-order valence-electron chi connectivity index (χ2n) is 4.64. The Morgan fingerprint density at radius 1 is 1.24 bits per heavy atom. The molecular weight excluding hydrogens is 268 g/mol. The van der Waals surface area contributed by atoms with Crippen LogP contribution >= 0.6 is 0 Å². The van der Waals surface area contributed by atoms with Crippen molar-refractivity contribution in [3.8, 4) is 5.75 Å². The average Bonchev–Trinajstić information content (AvgIpc) is 2.53. The fraction of sp³-hybridized carbons (Fsp3) is 0.267. The van der Waals surface area contributed by atoms with Gasteiger partial charge in [0.15, 0.2) is 0 Å². The van der Waals surface area contributed by atoms with E-state index >= 15 is 0 Å². The van der Waals surface area contributed by atoms with Gasteiger partial charge in [0.25, 0.3) is 5.91 Å². The highest BCUT2D eigenvalue weighted by Gasteiger charge is 2.07. The summed E-state index contributed by atoms with van der Waals surface area (Å²) in [5.74, 6) is 1.92. The molecule has 0 aliphatic heterocycles. The number of hydrogen-bond donors (Lipinski definition) is 1. The van der Waals surface area contributed by atoms with Gasteiger partial charge >= 0.3 is 0 Å². The minimum Gasteiger partial charge on any atom is -0.497 e. The van der Waals surface area contributed by atoms with E-state index < -0.39 is 0 Å². The van der Waals surface area contributed by atoms with Crippen LogP contribution < -0.4 is 15.0 Å². The molecule has 0 spiro atoms. The Morgan fingerprint density at radius 3 is 2.57 bits per heavy atom. The Kier molecular flexibility index (Phi) is 4.71. The monoisotopic (exact) mass is 286 g/mol. The number of benzene rings is 1. The summed E-state index contributed by atoms with van der Waals surface area (Å²) in [6.07, 6.45) is 1.68. The maximum Gasteiger partial charge on any atom is 0.251 e. The topological polar surface area (TPSA) is 67.3 Å². The molecule has 1 aromatic carbocycles. The van der Waals surface area contributed by atoms with Crippen LogP contribution in [0.2, 0.25) is 0 Å². The number of rotatable bonds is 5. The summed E-state index contributed by atoms with van der Waals surface area (Å²) in [6.45, 7) is 0.284. The molecule has 1 amide bonds. The van der Waals surface area contributed by atoms with Gasteiger partial charge in [-0.25, -0.2) is 9.97 Å². The van der Waals surface area contributed by atoms with Crippen LogP contribution in [0.4, 0.5) is 5.82 Å². The van der Waals surface area contributed by atoms with E-state index in [1.807, 2.05) is 25.1 Å². The van der Waals surface area contributed by atoms with Crippen molar-refractivity contribution in [2.45, 2.75) is 6.54 Å². The van der Waals surface area contributed by atoms with Crippen LogP contribution in [0.1, 0.15) is 16.2 Å². The minimum atomic E-state index is -0.170. The molecule has 2 aromatic rings. The predicted octanol–water partition coefficient (Wildman–Crippen LogP) is 1.48. The first-order valence-electron chi connectivity index (χ1n) is 6.51. The van der Waals surface area contributed by atoms with Gasteiger partial charge in [0.05, 0.1) is 13.7 Å². The first-order chi connectivity index (χ1) is 10.1. The molecule has 0 aliphatic carbocycles. The molecule has 6 heteroatoms. The Morgan fingerprint density at radius 2 is 1.95 bits per heavy atom. The maximum absolute atomic E-state index is 12.0. The lowest BCUT2D eigenvalue weighted by molar-refractivity contribution is 0.0950. The van der Waals surface area contributed by atoms with E-state index in [9.17, 15) is 4.79 Å². The Hall–Kier alpha value is -2.63. The molecule has 0 unspecified atom stereocenters. The molecule has 110 valence electrons.